The first-order chi connectivity index (χ1) is 7.76. The smallest absolute Gasteiger partial charge is 0.170 e. The summed E-state index contributed by atoms with van der Waals surface area (Å²) in [6.45, 7) is 3.10. The highest BCUT2D eigenvalue weighted by atomic mass is 32.2. The molecule has 2 N–H and O–H groups in total. The highest BCUT2D eigenvalue weighted by molar-refractivity contribution is 7.98. The number of hydrogen-bond donors (Lipinski definition) is 2. The fraction of sp³-hybridized carbons (Fsp3) is 0.417. The summed E-state index contributed by atoms with van der Waals surface area (Å²) in [5.41, 5.74) is 1.03. The molecule has 0 aliphatic heterocycles. The predicted octanol–water partition coefficient (Wildman–Crippen LogP) is 3.50. The van der Waals surface area contributed by atoms with Gasteiger partial charge in [0.1, 0.15) is 0 Å². The van der Waals surface area contributed by atoms with Crippen LogP contribution in [0.3, 0.4) is 0 Å². The largest absolute Gasteiger partial charge is 0.362 e. The third kappa shape index (κ3) is 4.86. The van der Waals surface area contributed by atoms with Crippen LogP contribution in [-0.4, -0.2) is 17.9 Å². The Morgan fingerprint density at radius 3 is 2.56 bits per heavy atom. The average molecular weight is 254 g/mol. The number of thiocarbonyl (C=S) groups is 1. The number of hydrogen-bond acceptors (Lipinski definition) is 2. The summed E-state index contributed by atoms with van der Waals surface area (Å²) < 4.78 is 0. The van der Waals surface area contributed by atoms with E-state index in [1.54, 1.807) is 11.8 Å². The van der Waals surface area contributed by atoms with Crippen molar-refractivity contribution in [1.82, 2.24) is 5.32 Å². The summed E-state index contributed by atoms with van der Waals surface area (Å²) in [5, 5.41) is 7.04. The van der Waals surface area contributed by atoms with Crippen molar-refractivity contribution >= 4 is 34.8 Å². The van der Waals surface area contributed by atoms with Crippen LogP contribution in [0.4, 0.5) is 5.69 Å². The number of nitrogens with one attached hydrogen (secondary N) is 2. The lowest BCUT2D eigenvalue weighted by atomic mass is 10.3. The number of thioether (sulfide) groups is 1. The fourth-order valence-electron chi connectivity index (χ4n) is 1.23. The molecule has 0 aliphatic rings. The Balaban J connectivity index is 2.37. The highest BCUT2D eigenvalue weighted by Gasteiger charge is 1.96. The lowest BCUT2D eigenvalue weighted by Crippen LogP contribution is -2.29. The number of rotatable bonds is 5. The summed E-state index contributed by atoms with van der Waals surface area (Å²) in [4.78, 5) is 1.26. The molecule has 88 valence electrons. The second-order valence-electron chi connectivity index (χ2n) is 3.46. The van der Waals surface area contributed by atoms with Crippen LogP contribution in [-0.2, 0) is 0 Å². The molecule has 0 aliphatic carbocycles. The van der Waals surface area contributed by atoms with Crippen LogP contribution in [0.5, 0.6) is 0 Å². The van der Waals surface area contributed by atoms with Gasteiger partial charge in [-0.1, -0.05) is 13.3 Å². The molecule has 0 spiro atoms. The molecule has 0 aromatic heterocycles. The molecular formula is C12H18N2S2. The molecule has 4 heteroatoms. The van der Waals surface area contributed by atoms with Gasteiger partial charge in [-0.05, 0) is 49.2 Å². The first-order valence-electron chi connectivity index (χ1n) is 5.45. The molecule has 0 amide bonds. The normalized spacial score (nSPS) is 9.88. The monoisotopic (exact) mass is 254 g/mol. The molecule has 0 radical (unpaired) electrons. The van der Waals surface area contributed by atoms with Crippen LogP contribution in [0.25, 0.3) is 0 Å². The van der Waals surface area contributed by atoms with Gasteiger partial charge in [0.15, 0.2) is 5.11 Å². The van der Waals surface area contributed by atoms with E-state index in [2.05, 4.69) is 35.9 Å². The lowest BCUT2D eigenvalue weighted by Gasteiger charge is -2.10. The minimum Gasteiger partial charge on any atom is -0.362 e. The minimum absolute atomic E-state index is 0.699. The molecule has 0 fully saturated rings. The first-order valence-corrected chi connectivity index (χ1v) is 7.08. The molecule has 0 bridgehead atoms. The summed E-state index contributed by atoms with van der Waals surface area (Å²) in [6, 6.07) is 8.25. The number of anilines is 1. The Morgan fingerprint density at radius 1 is 1.31 bits per heavy atom. The van der Waals surface area contributed by atoms with Gasteiger partial charge in [0.05, 0.1) is 0 Å². The molecule has 0 atom stereocenters. The summed E-state index contributed by atoms with van der Waals surface area (Å²) >= 11 is 6.92. The zero-order chi connectivity index (χ0) is 11.8. The van der Waals surface area contributed by atoms with E-state index in [9.17, 15) is 0 Å². The standard InChI is InChI=1S/C12H18N2S2/c1-3-4-9-13-12(15)14-10-5-7-11(16-2)8-6-10/h5-8H,3-4,9H2,1-2H3,(H2,13,14,15). The van der Waals surface area contributed by atoms with E-state index in [-0.39, 0.29) is 0 Å². The van der Waals surface area contributed by atoms with E-state index in [0.29, 0.717) is 5.11 Å². The Kier molecular flexibility index (Phi) is 6.26. The third-order valence-electron chi connectivity index (χ3n) is 2.16. The van der Waals surface area contributed by atoms with Gasteiger partial charge in [0.25, 0.3) is 0 Å². The Hall–Kier alpha value is -0.740. The quantitative estimate of drug-likeness (QED) is 0.477. The molecule has 0 heterocycles. The number of unbranched alkanes of at least 4 members (excludes halogenated alkanes) is 1. The van der Waals surface area contributed by atoms with E-state index in [1.165, 1.54) is 11.3 Å². The van der Waals surface area contributed by atoms with Gasteiger partial charge >= 0.3 is 0 Å². The average Bonchev–Trinajstić information content (AvgIpc) is 2.30. The van der Waals surface area contributed by atoms with E-state index in [1.807, 2.05) is 12.1 Å². The maximum Gasteiger partial charge on any atom is 0.170 e. The maximum atomic E-state index is 5.18. The van der Waals surface area contributed by atoms with Crippen molar-refractivity contribution in [3.8, 4) is 0 Å². The molecule has 1 aromatic carbocycles. The molecule has 0 saturated heterocycles. The van der Waals surface area contributed by atoms with Crippen LogP contribution in [0.1, 0.15) is 19.8 Å². The van der Waals surface area contributed by atoms with Crippen LogP contribution in [0.2, 0.25) is 0 Å². The topological polar surface area (TPSA) is 24.1 Å². The van der Waals surface area contributed by atoms with Crippen molar-refractivity contribution < 1.29 is 0 Å². The zero-order valence-corrected chi connectivity index (χ0v) is 11.4. The van der Waals surface area contributed by atoms with Crippen LogP contribution < -0.4 is 10.6 Å². The van der Waals surface area contributed by atoms with Crippen molar-refractivity contribution in [1.29, 1.82) is 0 Å². The third-order valence-corrected chi connectivity index (χ3v) is 3.15. The molecule has 2 nitrogen and oxygen atoms in total. The van der Waals surface area contributed by atoms with Gasteiger partial charge < -0.3 is 10.6 Å². The second kappa shape index (κ2) is 7.52. The molecule has 0 unspecified atom stereocenters. The highest BCUT2D eigenvalue weighted by Crippen LogP contribution is 2.17. The van der Waals surface area contributed by atoms with Gasteiger partial charge in [-0.2, -0.15) is 0 Å². The van der Waals surface area contributed by atoms with Crippen LogP contribution >= 0.6 is 24.0 Å². The van der Waals surface area contributed by atoms with Crippen molar-refractivity contribution in [2.45, 2.75) is 24.7 Å². The summed E-state index contributed by atoms with van der Waals surface area (Å²) in [6.07, 6.45) is 4.39. The summed E-state index contributed by atoms with van der Waals surface area (Å²) in [7, 11) is 0. The SMILES string of the molecule is CCCCNC(=S)Nc1ccc(SC)cc1. The van der Waals surface area contributed by atoms with Crippen molar-refractivity contribution in [2.75, 3.05) is 18.1 Å². The van der Waals surface area contributed by atoms with Crippen molar-refractivity contribution in [2.24, 2.45) is 0 Å². The van der Waals surface area contributed by atoms with E-state index in [4.69, 9.17) is 12.2 Å². The van der Waals surface area contributed by atoms with Gasteiger partial charge in [0.2, 0.25) is 0 Å². The first kappa shape index (κ1) is 13.3. The molecule has 1 rings (SSSR count). The van der Waals surface area contributed by atoms with E-state index in [0.717, 1.165) is 18.7 Å². The maximum absolute atomic E-state index is 5.18. The van der Waals surface area contributed by atoms with Gasteiger partial charge in [-0.25, -0.2) is 0 Å². The van der Waals surface area contributed by atoms with Gasteiger partial charge in [-0.15, -0.1) is 11.8 Å². The zero-order valence-electron chi connectivity index (χ0n) is 9.75. The lowest BCUT2D eigenvalue weighted by molar-refractivity contribution is 0.758. The Bertz CT molecular complexity index is 322. The van der Waals surface area contributed by atoms with Crippen molar-refractivity contribution in [3.05, 3.63) is 24.3 Å². The van der Waals surface area contributed by atoms with Gasteiger partial charge in [-0.3, -0.25) is 0 Å². The molecule has 0 saturated carbocycles. The number of benzene rings is 1. The summed E-state index contributed by atoms with van der Waals surface area (Å²) in [5.74, 6) is 0. The van der Waals surface area contributed by atoms with Crippen molar-refractivity contribution in [3.63, 3.8) is 0 Å². The van der Waals surface area contributed by atoms with Crippen LogP contribution in [0, 0.1) is 0 Å². The fourth-order valence-corrected chi connectivity index (χ4v) is 1.86. The second-order valence-corrected chi connectivity index (χ2v) is 4.75. The molecular weight excluding hydrogens is 236 g/mol. The van der Waals surface area contributed by atoms with E-state index >= 15 is 0 Å². The molecule has 1 aromatic rings. The Morgan fingerprint density at radius 2 is 2.00 bits per heavy atom. The molecule has 16 heavy (non-hydrogen) atoms. The minimum atomic E-state index is 0.699. The Labute approximate surface area is 107 Å². The van der Waals surface area contributed by atoms with Crippen LogP contribution in [0.15, 0.2) is 29.2 Å². The van der Waals surface area contributed by atoms with E-state index < -0.39 is 0 Å². The van der Waals surface area contributed by atoms with Gasteiger partial charge in [0, 0.05) is 17.1 Å². The predicted molar refractivity (Wildman–Crippen MR) is 77.4 cm³/mol.